The molecule has 0 bridgehead atoms. The minimum atomic E-state index is -4.53. The Kier molecular flexibility index (Phi) is 4.77. The predicted molar refractivity (Wildman–Crippen MR) is 111 cm³/mol. The van der Waals surface area contributed by atoms with E-state index in [0.29, 0.717) is 6.42 Å². The van der Waals surface area contributed by atoms with Crippen LogP contribution in [0.25, 0.3) is 12.2 Å². The van der Waals surface area contributed by atoms with Gasteiger partial charge in [-0.25, -0.2) is 0 Å². The van der Waals surface area contributed by atoms with E-state index >= 15 is 0 Å². The van der Waals surface area contributed by atoms with Crippen molar-refractivity contribution in [3.05, 3.63) is 82.4 Å². The van der Waals surface area contributed by atoms with Gasteiger partial charge in [-0.3, -0.25) is 0 Å². The van der Waals surface area contributed by atoms with Gasteiger partial charge in [0.05, 0.1) is 0 Å². The Balaban J connectivity index is 1.94. The van der Waals surface area contributed by atoms with Crippen LogP contribution in [0.15, 0.2) is 60.2 Å². The van der Waals surface area contributed by atoms with Crippen molar-refractivity contribution in [3.63, 3.8) is 0 Å². The summed E-state index contributed by atoms with van der Waals surface area (Å²) in [4.78, 5) is 0. The summed E-state index contributed by atoms with van der Waals surface area (Å²) < 4.78 is 2.17. The number of halogens is 2. The van der Waals surface area contributed by atoms with E-state index < -0.39 is 15.9 Å². The second kappa shape index (κ2) is 6.67. The van der Waals surface area contributed by atoms with Crippen molar-refractivity contribution >= 4 is 32.9 Å². The zero-order valence-electron chi connectivity index (χ0n) is 14.7. The molecule has 0 heterocycles. The number of fused-ring (bicyclic) bond motifs is 2. The number of hydrogen-bond donors (Lipinski definition) is 1. The Bertz CT molecular complexity index is 997. The molecule has 2 aliphatic carbocycles. The van der Waals surface area contributed by atoms with Crippen LogP contribution in [-0.4, -0.2) is 15.4 Å². The first kappa shape index (κ1) is 18.6. The molecule has 0 aromatic heterocycles. The summed E-state index contributed by atoms with van der Waals surface area (Å²) in [5.41, 5.74) is 6.00. The molecule has 2 aliphatic rings. The summed E-state index contributed by atoms with van der Waals surface area (Å²) in [6.07, 6.45) is 7.14. The van der Waals surface area contributed by atoms with Crippen LogP contribution in [-0.2, 0) is 15.9 Å². The van der Waals surface area contributed by atoms with Gasteiger partial charge >= 0.3 is 164 Å². The molecule has 4 heteroatoms. The maximum atomic E-state index is 9.64. The molecule has 1 N–H and O–H groups in total. The van der Waals surface area contributed by atoms with Crippen molar-refractivity contribution < 1.29 is 21.0 Å². The standard InChI is InChI=1S/C11H11O.C9H7.C2H4.2ClH.Zr/c12-6-5-9-7-10-3-1-2-4-11(10)8-9;1-2-5-9-7-3-6-8(9)4-1;1-2;;;/h1-4,7-8,12H,5-6H2;1-7H;1H,2H3;2*1H;/q;;;;;+2/p-2. The summed E-state index contributed by atoms with van der Waals surface area (Å²) in [6, 6.07) is 16.7. The van der Waals surface area contributed by atoms with Gasteiger partial charge in [-0.2, -0.15) is 0 Å². The van der Waals surface area contributed by atoms with Crippen LogP contribution in [0.3, 0.4) is 0 Å². The third-order valence-corrected chi connectivity index (χ3v) is 25.1. The number of aliphatic hydroxyl groups excluding tert-OH is 1. The summed E-state index contributed by atoms with van der Waals surface area (Å²) in [5.74, 6) is 0. The van der Waals surface area contributed by atoms with E-state index in [1.54, 1.807) is 0 Å². The maximum absolute atomic E-state index is 9.64. The minimum absolute atomic E-state index is 0.00562. The number of allylic oxidation sites excluding steroid dienone is 1. The SMILES string of the molecule is C[CH]=[Zr]([Cl])([Cl])([CH]1C=Cc2ccccc21)[CH]1C(CCO)=Cc2ccccc21. The molecule has 2 aromatic rings. The second-order valence-corrected chi connectivity index (χ2v) is 28.8. The van der Waals surface area contributed by atoms with Crippen LogP contribution in [0.5, 0.6) is 0 Å². The van der Waals surface area contributed by atoms with Crippen molar-refractivity contribution in [2.45, 2.75) is 20.6 Å². The van der Waals surface area contributed by atoms with Crippen molar-refractivity contribution in [1.82, 2.24) is 0 Å². The Hall–Kier alpha value is -0.787. The Labute approximate surface area is 162 Å². The molecule has 2 aromatic carbocycles. The van der Waals surface area contributed by atoms with Crippen LogP contribution in [0.2, 0.25) is 0 Å². The monoisotopic (exact) mass is 462 g/mol. The van der Waals surface area contributed by atoms with Crippen LogP contribution in [0, 0.1) is 0 Å². The van der Waals surface area contributed by atoms with Crippen molar-refractivity contribution in [2.24, 2.45) is 0 Å². The Morgan fingerprint density at radius 1 is 1.00 bits per heavy atom. The third-order valence-electron chi connectivity index (χ3n) is 5.92. The Morgan fingerprint density at radius 3 is 2.35 bits per heavy atom. The fourth-order valence-electron chi connectivity index (χ4n) is 4.64. The molecular weight excluding hydrogens is 442 g/mol. The van der Waals surface area contributed by atoms with Crippen LogP contribution in [0.4, 0.5) is 0 Å². The van der Waals surface area contributed by atoms with E-state index in [-0.39, 0.29) is 13.9 Å². The van der Waals surface area contributed by atoms with E-state index in [1.165, 1.54) is 27.8 Å². The molecular formula is C22H22Cl2OZr. The van der Waals surface area contributed by atoms with Gasteiger partial charge in [-0.1, -0.05) is 0 Å². The second-order valence-electron chi connectivity index (χ2n) is 7.24. The van der Waals surface area contributed by atoms with Crippen molar-refractivity contribution in [1.29, 1.82) is 0 Å². The molecule has 2 atom stereocenters. The van der Waals surface area contributed by atoms with Gasteiger partial charge < -0.3 is 0 Å². The average molecular weight is 465 g/mol. The molecule has 0 amide bonds. The first-order chi connectivity index (χ1) is 12.5. The van der Waals surface area contributed by atoms with E-state index in [2.05, 4.69) is 64.4 Å². The summed E-state index contributed by atoms with van der Waals surface area (Å²) in [6.45, 7) is 2.13. The number of benzene rings is 2. The summed E-state index contributed by atoms with van der Waals surface area (Å²) in [7, 11) is 15.2. The fourth-order valence-corrected chi connectivity index (χ4v) is 20.2. The first-order valence-corrected chi connectivity index (χ1v) is 19.6. The van der Waals surface area contributed by atoms with E-state index in [4.69, 9.17) is 17.0 Å². The zero-order valence-corrected chi connectivity index (χ0v) is 18.7. The van der Waals surface area contributed by atoms with Crippen molar-refractivity contribution in [3.8, 4) is 0 Å². The van der Waals surface area contributed by atoms with Crippen LogP contribution < -0.4 is 0 Å². The number of rotatable bonds is 4. The topological polar surface area (TPSA) is 20.2 Å². The predicted octanol–water partition coefficient (Wildman–Crippen LogP) is 6.09. The molecule has 1 nitrogen and oxygen atoms in total. The molecule has 26 heavy (non-hydrogen) atoms. The average Bonchev–Trinajstić information content (AvgIpc) is 3.24. The molecule has 0 saturated heterocycles. The first-order valence-electron chi connectivity index (χ1n) is 9.04. The molecule has 0 fully saturated rings. The van der Waals surface area contributed by atoms with Gasteiger partial charge in [0.25, 0.3) is 0 Å². The summed E-state index contributed by atoms with van der Waals surface area (Å²) >= 11 is -4.53. The van der Waals surface area contributed by atoms with Crippen molar-refractivity contribution in [2.75, 3.05) is 6.61 Å². The number of hydrogen-bond acceptors (Lipinski definition) is 1. The van der Waals surface area contributed by atoms with Gasteiger partial charge in [-0.05, 0) is 0 Å². The van der Waals surface area contributed by atoms with Crippen LogP contribution in [0.1, 0.15) is 42.8 Å². The van der Waals surface area contributed by atoms with E-state index in [9.17, 15) is 5.11 Å². The molecule has 0 spiro atoms. The van der Waals surface area contributed by atoms with E-state index in [0.717, 1.165) is 0 Å². The molecule has 2 unspecified atom stereocenters. The molecule has 4 rings (SSSR count). The molecule has 0 aliphatic heterocycles. The normalized spacial score (nSPS) is 21.3. The Morgan fingerprint density at radius 2 is 1.65 bits per heavy atom. The molecule has 0 saturated carbocycles. The quantitative estimate of drug-likeness (QED) is 0.580. The fraction of sp³-hybridized carbons (Fsp3) is 0.227. The van der Waals surface area contributed by atoms with E-state index in [1.807, 2.05) is 13.0 Å². The zero-order chi connectivity index (χ0) is 18.4. The van der Waals surface area contributed by atoms with Crippen LogP contribution >= 0.6 is 17.0 Å². The van der Waals surface area contributed by atoms with Gasteiger partial charge in [-0.15, -0.1) is 0 Å². The third kappa shape index (κ3) is 2.69. The van der Waals surface area contributed by atoms with Gasteiger partial charge in [0.15, 0.2) is 0 Å². The van der Waals surface area contributed by atoms with Gasteiger partial charge in [0, 0.05) is 0 Å². The summed E-state index contributed by atoms with van der Waals surface area (Å²) in [5, 5.41) is 9.64. The van der Waals surface area contributed by atoms with Gasteiger partial charge in [0.1, 0.15) is 0 Å². The van der Waals surface area contributed by atoms with Gasteiger partial charge in [0.2, 0.25) is 0 Å². The number of aliphatic hydroxyl groups is 1. The molecule has 0 radical (unpaired) electrons. The molecule has 134 valence electrons.